The lowest BCUT2D eigenvalue weighted by Crippen LogP contribution is -2.45. The van der Waals surface area contributed by atoms with Gasteiger partial charge in [0.15, 0.2) is 0 Å². The number of hydrogen-bond acceptors (Lipinski definition) is 3. The number of hydrogen-bond donors (Lipinski definition) is 0. The highest BCUT2D eigenvalue weighted by Gasteiger charge is 2.34. The van der Waals surface area contributed by atoms with Crippen LogP contribution in [0.3, 0.4) is 0 Å². The minimum absolute atomic E-state index is 0.116. The predicted octanol–water partition coefficient (Wildman–Crippen LogP) is 3.11. The first-order valence-electron chi connectivity index (χ1n) is 6.46. The summed E-state index contributed by atoms with van der Waals surface area (Å²) in [7, 11) is 0. The zero-order valence-corrected chi connectivity index (χ0v) is 11.8. The highest BCUT2D eigenvalue weighted by atomic mass is 35.5. The second kappa shape index (κ2) is 6.34. The fourth-order valence-electron chi connectivity index (χ4n) is 2.26. The van der Waals surface area contributed by atoms with E-state index in [1.807, 2.05) is 0 Å². The monoisotopic (exact) mass is 318 g/mol. The van der Waals surface area contributed by atoms with Crippen molar-refractivity contribution in [3.63, 3.8) is 0 Å². The van der Waals surface area contributed by atoms with Crippen LogP contribution in [-0.4, -0.2) is 34.2 Å². The molecule has 1 aliphatic rings. The molecular formula is C13H13ClF2N2O3. The van der Waals surface area contributed by atoms with Gasteiger partial charge in [0.2, 0.25) is 5.82 Å². The zero-order valence-electron chi connectivity index (χ0n) is 11.0. The Morgan fingerprint density at radius 1 is 1.43 bits per heavy atom. The van der Waals surface area contributed by atoms with Crippen molar-refractivity contribution in [2.24, 2.45) is 0 Å². The molecule has 0 radical (unpaired) electrons. The highest BCUT2D eigenvalue weighted by molar-refractivity contribution is 6.18. The number of carbonyl (C=O) groups excluding carboxylic acids is 1. The van der Waals surface area contributed by atoms with E-state index in [0.717, 1.165) is 25.3 Å². The first kappa shape index (κ1) is 15.6. The Balaban J connectivity index is 2.41. The third kappa shape index (κ3) is 2.97. The van der Waals surface area contributed by atoms with Gasteiger partial charge < -0.3 is 4.90 Å². The molecule has 0 spiro atoms. The van der Waals surface area contributed by atoms with Gasteiger partial charge >= 0.3 is 5.69 Å². The SMILES string of the molecule is O=C(c1c(F)ccc([N+](=O)[O-])c1F)N(CCCl)C1CCC1. The lowest BCUT2D eigenvalue weighted by Gasteiger charge is -2.37. The fraction of sp³-hybridized carbons (Fsp3) is 0.462. The maximum Gasteiger partial charge on any atom is 0.305 e. The molecule has 0 N–H and O–H groups in total. The van der Waals surface area contributed by atoms with Crippen molar-refractivity contribution in [2.45, 2.75) is 25.3 Å². The number of nitrogens with zero attached hydrogens (tertiary/aromatic N) is 2. The van der Waals surface area contributed by atoms with Crippen LogP contribution in [0.4, 0.5) is 14.5 Å². The van der Waals surface area contributed by atoms with Crippen LogP contribution in [0.15, 0.2) is 12.1 Å². The number of rotatable bonds is 5. The maximum absolute atomic E-state index is 14.1. The average molecular weight is 319 g/mol. The van der Waals surface area contributed by atoms with Crippen LogP contribution < -0.4 is 0 Å². The number of carbonyl (C=O) groups is 1. The highest BCUT2D eigenvalue weighted by Crippen LogP contribution is 2.29. The Labute approximate surface area is 124 Å². The molecule has 0 atom stereocenters. The molecule has 21 heavy (non-hydrogen) atoms. The van der Waals surface area contributed by atoms with E-state index in [-0.39, 0.29) is 18.5 Å². The second-order valence-electron chi connectivity index (χ2n) is 4.78. The summed E-state index contributed by atoms with van der Waals surface area (Å²) < 4.78 is 27.8. The van der Waals surface area contributed by atoms with Crippen molar-refractivity contribution in [3.8, 4) is 0 Å². The van der Waals surface area contributed by atoms with Crippen molar-refractivity contribution < 1.29 is 18.5 Å². The van der Waals surface area contributed by atoms with E-state index in [1.165, 1.54) is 4.90 Å². The van der Waals surface area contributed by atoms with Crippen LogP contribution in [0.2, 0.25) is 0 Å². The molecule has 1 saturated carbocycles. The molecule has 0 bridgehead atoms. The van der Waals surface area contributed by atoms with Gasteiger partial charge in [-0.15, -0.1) is 11.6 Å². The van der Waals surface area contributed by atoms with Crippen molar-refractivity contribution in [2.75, 3.05) is 12.4 Å². The van der Waals surface area contributed by atoms with Gasteiger partial charge in [0.1, 0.15) is 11.4 Å². The average Bonchev–Trinajstić information content (AvgIpc) is 2.35. The van der Waals surface area contributed by atoms with Crippen molar-refractivity contribution in [3.05, 3.63) is 39.4 Å². The van der Waals surface area contributed by atoms with E-state index in [4.69, 9.17) is 11.6 Å². The molecule has 1 fully saturated rings. The van der Waals surface area contributed by atoms with Gasteiger partial charge in [-0.25, -0.2) is 4.39 Å². The molecule has 1 aliphatic carbocycles. The lowest BCUT2D eigenvalue weighted by molar-refractivity contribution is -0.387. The number of alkyl halides is 1. The summed E-state index contributed by atoms with van der Waals surface area (Å²) in [5.41, 5.74) is -1.81. The molecule has 1 amide bonds. The van der Waals surface area contributed by atoms with Gasteiger partial charge in [-0.2, -0.15) is 4.39 Å². The third-order valence-corrected chi connectivity index (χ3v) is 3.75. The molecule has 114 valence electrons. The van der Waals surface area contributed by atoms with Crippen LogP contribution in [0.1, 0.15) is 29.6 Å². The molecule has 2 rings (SSSR count). The van der Waals surface area contributed by atoms with E-state index >= 15 is 0 Å². The standard InChI is InChI=1S/C13H13ClF2N2O3/c14-6-7-17(8-2-1-3-8)13(19)11-9(15)4-5-10(12(11)16)18(20)21/h4-5,8H,1-3,6-7H2. The number of nitro groups is 1. The molecule has 1 aromatic rings. The topological polar surface area (TPSA) is 63.4 Å². The van der Waals surface area contributed by atoms with Crippen molar-refractivity contribution in [1.82, 2.24) is 4.90 Å². The van der Waals surface area contributed by atoms with E-state index in [9.17, 15) is 23.7 Å². The summed E-state index contributed by atoms with van der Waals surface area (Å²) in [6.07, 6.45) is 2.40. The fourth-order valence-corrected chi connectivity index (χ4v) is 2.44. The summed E-state index contributed by atoms with van der Waals surface area (Å²) in [6, 6.07) is 1.32. The van der Waals surface area contributed by atoms with Gasteiger partial charge in [-0.1, -0.05) is 0 Å². The number of nitro benzene ring substituents is 1. The first-order chi connectivity index (χ1) is 9.97. The second-order valence-corrected chi connectivity index (χ2v) is 5.16. The minimum Gasteiger partial charge on any atom is -0.334 e. The zero-order chi connectivity index (χ0) is 15.6. The number of amides is 1. The van der Waals surface area contributed by atoms with Crippen LogP contribution in [0.5, 0.6) is 0 Å². The summed E-state index contributed by atoms with van der Waals surface area (Å²) in [5, 5.41) is 10.7. The Kier molecular flexibility index (Phi) is 4.72. The summed E-state index contributed by atoms with van der Waals surface area (Å²) in [6.45, 7) is 0.145. The van der Waals surface area contributed by atoms with Crippen LogP contribution in [0, 0.1) is 21.7 Å². The molecule has 0 aromatic heterocycles. The Morgan fingerprint density at radius 2 is 2.10 bits per heavy atom. The molecule has 8 heteroatoms. The molecule has 0 aliphatic heterocycles. The van der Waals surface area contributed by atoms with Crippen molar-refractivity contribution >= 4 is 23.2 Å². The van der Waals surface area contributed by atoms with Gasteiger partial charge in [-0.05, 0) is 25.3 Å². The molecule has 1 aromatic carbocycles. The van der Waals surface area contributed by atoms with E-state index in [0.29, 0.717) is 6.07 Å². The van der Waals surface area contributed by atoms with Crippen LogP contribution in [0.25, 0.3) is 0 Å². The quantitative estimate of drug-likeness (QED) is 0.476. The molecule has 5 nitrogen and oxygen atoms in total. The molecular weight excluding hydrogens is 306 g/mol. The Bertz CT molecular complexity index is 579. The largest absolute Gasteiger partial charge is 0.334 e. The van der Waals surface area contributed by atoms with Crippen LogP contribution >= 0.6 is 11.6 Å². The normalized spacial score (nSPS) is 14.6. The third-order valence-electron chi connectivity index (χ3n) is 3.58. The lowest BCUT2D eigenvalue weighted by atomic mass is 9.91. The molecule has 0 heterocycles. The first-order valence-corrected chi connectivity index (χ1v) is 7.00. The van der Waals surface area contributed by atoms with Gasteiger partial charge in [-0.3, -0.25) is 14.9 Å². The van der Waals surface area contributed by atoms with Gasteiger partial charge in [0.05, 0.1) is 4.92 Å². The summed E-state index contributed by atoms with van der Waals surface area (Å²) >= 11 is 5.62. The van der Waals surface area contributed by atoms with Crippen molar-refractivity contribution in [1.29, 1.82) is 0 Å². The van der Waals surface area contributed by atoms with Gasteiger partial charge in [0.25, 0.3) is 5.91 Å². The number of benzene rings is 1. The molecule has 0 saturated heterocycles. The van der Waals surface area contributed by atoms with Gasteiger partial charge in [0, 0.05) is 24.5 Å². The smallest absolute Gasteiger partial charge is 0.305 e. The number of halogens is 3. The predicted molar refractivity (Wildman–Crippen MR) is 72.4 cm³/mol. The van der Waals surface area contributed by atoms with E-state index in [1.54, 1.807) is 0 Å². The molecule has 0 unspecified atom stereocenters. The van der Waals surface area contributed by atoms with Crippen LogP contribution in [-0.2, 0) is 0 Å². The summed E-state index contributed by atoms with van der Waals surface area (Å²) in [4.78, 5) is 23.4. The Morgan fingerprint density at radius 3 is 2.57 bits per heavy atom. The maximum atomic E-state index is 14.1. The Hall–Kier alpha value is -1.76. The van der Waals surface area contributed by atoms with E-state index in [2.05, 4.69) is 0 Å². The minimum atomic E-state index is -1.44. The summed E-state index contributed by atoms with van der Waals surface area (Å²) in [5.74, 6) is -3.31. The van der Waals surface area contributed by atoms with E-state index < -0.39 is 33.7 Å².